The highest BCUT2D eigenvalue weighted by Crippen LogP contribution is 2.47. The lowest BCUT2D eigenvalue weighted by atomic mass is 9.85. The first kappa shape index (κ1) is 56.7. The molecule has 16 heteroatoms. The molecule has 1 aliphatic carbocycles. The molecule has 10 atom stereocenters. The van der Waals surface area contributed by atoms with Gasteiger partial charge in [0, 0.05) is 12.8 Å². The summed E-state index contributed by atoms with van der Waals surface area (Å²) in [4.78, 5) is 35.7. The van der Waals surface area contributed by atoms with E-state index in [1.54, 1.807) is 36.5 Å². The van der Waals surface area contributed by atoms with Gasteiger partial charge in [-0.1, -0.05) is 152 Å². The van der Waals surface area contributed by atoms with Crippen LogP contribution in [0.3, 0.4) is 0 Å². The third-order valence-electron chi connectivity index (χ3n) is 10.4. The zero-order valence-electron chi connectivity index (χ0n) is 36.7. The van der Waals surface area contributed by atoms with Crippen LogP contribution in [-0.2, 0) is 32.7 Å². The molecule has 1 saturated carbocycles. The summed E-state index contributed by atoms with van der Waals surface area (Å²) in [5, 5.41) is 70.4. The largest absolute Gasteiger partial charge is 0.472 e. The molecule has 0 heterocycles. The third-order valence-corrected chi connectivity index (χ3v) is 11.3. The van der Waals surface area contributed by atoms with E-state index in [4.69, 9.17) is 18.5 Å². The first-order chi connectivity index (χ1) is 29.2. The molecule has 0 saturated heterocycles. The number of phosphoric acid groups is 1. The molecule has 3 unspecified atom stereocenters. The predicted molar refractivity (Wildman–Crippen MR) is 233 cm³/mol. The maximum Gasteiger partial charge on any atom is 0.472 e. The predicted octanol–water partition coefficient (Wildman–Crippen LogP) is 6.33. The van der Waals surface area contributed by atoms with Crippen LogP contribution < -0.4 is 0 Å². The number of aliphatic hydroxyl groups is 7. The smallest absolute Gasteiger partial charge is 0.462 e. The molecule has 0 amide bonds. The highest BCUT2D eigenvalue weighted by Gasteiger charge is 2.51. The fourth-order valence-electron chi connectivity index (χ4n) is 6.60. The molecule has 8 N–H and O–H groups in total. The van der Waals surface area contributed by atoms with Gasteiger partial charge in [-0.15, -0.1) is 0 Å². The SMILES string of the molecule is CCCCC/C=C\C[C@@H](O)/C=C/C=C/C=C\[C@@H](O)CCCC(=O)OC[C@H](COP(=O)(O)OC1[C@H](O)[C@H](O)C(O)[C@H](O)[C@H]1O)OC(=O)CCCCCCCCCCCCCCC. The van der Waals surface area contributed by atoms with Crippen LogP contribution in [0.5, 0.6) is 0 Å². The molecular weight excluding hydrogens is 811 g/mol. The Kier molecular flexibility index (Phi) is 32.7. The molecule has 354 valence electrons. The van der Waals surface area contributed by atoms with E-state index >= 15 is 0 Å². The number of carbonyl (C=O) groups is 2. The zero-order valence-corrected chi connectivity index (χ0v) is 37.6. The van der Waals surface area contributed by atoms with Crippen molar-refractivity contribution in [3.05, 3.63) is 48.6 Å². The van der Waals surface area contributed by atoms with Gasteiger partial charge in [0.1, 0.15) is 43.2 Å². The van der Waals surface area contributed by atoms with Gasteiger partial charge in [0.15, 0.2) is 6.10 Å². The first-order valence-corrected chi connectivity index (χ1v) is 24.2. The Hall–Kier alpha value is -2.27. The van der Waals surface area contributed by atoms with E-state index in [-0.39, 0.29) is 25.7 Å². The van der Waals surface area contributed by atoms with E-state index in [1.165, 1.54) is 64.2 Å². The Morgan fingerprint density at radius 2 is 1.08 bits per heavy atom. The summed E-state index contributed by atoms with van der Waals surface area (Å²) in [6.07, 6.45) is 19.3. The van der Waals surface area contributed by atoms with Crippen LogP contribution in [0.2, 0.25) is 0 Å². The van der Waals surface area contributed by atoms with Gasteiger partial charge in [0.05, 0.1) is 18.8 Å². The summed E-state index contributed by atoms with van der Waals surface area (Å²) in [5.41, 5.74) is 0. The van der Waals surface area contributed by atoms with Crippen LogP contribution in [0.1, 0.15) is 155 Å². The van der Waals surface area contributed by atoms with Gasteiger partial charge in [-0.2, -0.15) is 0 Å². The monoisotopic (exact) mass is 891 g/mol. The average molecular weight is 891 g/mol. The number of aliphatic hydroxyl groups excluding tert-OH is 7. The van der Waals surface area contributed by atoms with Crippen molar-refractivity contribution in [3.8, 4) is 0 Å². The summed E-state index contributed by atoms with van der Waals surface area (Å²) in [6.45, 7) is 3.01. The normalized spacial score (nSPS) is 23.5. The highest BCUT2D eigenvalue weighted by molar-refractivity contribution is 7.47. The number of carbonyl (C=O) groups excluding carboxylic acids is 2. The van der Waals surface area contributed by atoms with Crippen molar-refractivity contribution in [2.24, 2.45) is 0 Å². The number of esters is 2. The molecule has 1 aliphatic rings. The van der Waals surface area contributed by atoms with Gasteiger partial charge < -0.3 is 50.1 Å². The lowest BCUT2D eigenvalue weighted by Crippen LogP contribution is -2.64. The van der Waals surface area contributed by atoms with Crippen LogP contribution in [0, 0.1) is 0 Å². The highest BCUT2D eigenvalue weighted by atomic mass is 31.2. The number of hydrogen-bond donors (Lipinski definition) is 8. The van der Waals surface area contributed by atoms with Gasteiger partial charge >= 0.3 is 19.8 Å². The van der Waals surface area contributed by atoms with Crippen molar-refractivity contribution in [2.45, 2.75) is 210 Å². The summed E-state index contributed by atoms with van der Waals surface area (Å²) in [5.74, 6) is -1.34. The summed E-state index contributed by atoms with van der Waals surface area (Å²) < 4.78 is 33.3. The van der Waals surface area contributed by atoms with Gasteiger partial charge in [-0.05, 0) is 38.5 Å². The van der Waals surface area contributed by atoms with Crippen molar-refractivity contribution in [1.29, 1.82) is 0 Å². The zero-order chi connectivity index (χ0) is 45.3. The van der Waals surface area contributed by atoms with Crippen molar-refractivity contribution < 1.29 is 73.3 Å². The Morgan fingerprint density at radius 3 is 1.66 bits per heavy atom. The minimum absolute atomic E-state index is 0.0454. The average Bonchev–Trinajstić information content (AvgIpc) is 3.23. The van der Waals surface area contributed by atoms with E-state index in [2.05, 4.69) is 19.9 Å². The fourth-order valence-corrected chi connectivity index (χ4v) is 7.57. The molecule has 0 aromatic heterocycles. The Labute approximate surface area is 364 Å². The van der Waals surface area contributed by atoms with E-state index < -0.39 is 87.9 Å². The Morgan fingerprint density at radius 1 is 0.590 bits per heavy atom. The van der Waals surface area contributed by atoms with Crippen LogP contribution in [0.4, 0.5) is 0 Å². The summed E-state index contributed by atoms with van der Waals surface area (Å²) in [7, 11) is -5.17. The van der Waals surface area contributed by atoms with E-state index in [9.17, 15) is 54.8 Å². The standard InChI is InChI=1S/C45H79O15P/c1-3-5-7-9-11-12-13-14-15-16-17-19-25-31-39(49)59-37(34-58-61(55,56)60-45-43(53)41(51)40(50)42(52)44(45)54)33-57-38(48)32-26-30-36(47)29-24-21-20-23-28-35(46)27-22-18-10-8-6-4-2/h18,20-24,28-29,35-37,40-47,50-54H,3-17,19,25-27,30-34H2,1-2H3,(H,55,56)/b21-20+,22-18-,28-23+,29-24-/t35-,36-,37-,40?,41-,42+,43-,44-,45?/m1/s1. The van der Waals surface area contributed by atoms with E-state index in [0.717, 1.165) is 38.5 Å². The minimum Gasteiger partial charge on any atom is -0.462 e. The Balaban J connectivity index is 2.59. The second-order valence-electron chi connectivity index (χ2n) is 16.0. The van der Waals surface area contributed by atoms with Crippen molar-refractivity contribution in [1.82, 2.24) is 0 Å². The van der Waals surface area contributed by atoms with Crippen LogP contribution in [0.25, 0.3) is 0 Å². The van der Waals surface area contributed by atoms with Crippen LogP contribution in [0.15, 0.2) is 48.6 Å². The molecule has 0 aromatic carbocycles. The number of ether oxygens (including phenoxy) is 2. The quantitative estimate of drug-likeness (QED) is 0.0113. The fraction of sp³-hybridized carbons (Fsp3) is 0.778. The molecular formula is C45H79O15P. The third kappa shape index (κ3) is 28.2. The van der Waals surface area contributed by atoms with Gasteiger partial charge in [0.25, 0.3) is 0 Å². The second-order valence-corrected chi connectivity index (χ2v) is 17.4. The number of unbranched alkanes of at least 4 members (excludes halogenated alkanes) is 15. The van der Waals surface area contributed by atoms with Gasteiger partial charge in [-0.25, -0.2) is 4.57 Å². The molecule has 0 bridgehead atoms. The van der Waals surface area contributed by atoms with Crippen LogP contribution in [-0.4, -0.2) is 121 Å². The number of rotatable bonds is 36. The van der Waals surface area contributed by atoms with E-state index in [1.807, 2.05) is 6.08 Å². The Bertz CT molecular complexity index is 1290. The van der Waals surface area contributed by atoms with Crippen LogP contribution >= 0.6 is 7.82 Å². The molecule has 0 aromatic rings. The molecule has 61 heavy (non-hydrogen) atoms. The topological polar surface area (TPSA) is 250 Å². The number of phosphoric ester groups is 1. The number of hydrogen-bond acceptors (Lipinski definition) is 14. The molecule has 0 radical (unpaired) electrons. The number of allylic oxidation sites excluding steroid dienone is 5. The maximum atomic E-state index is 12.8. The first-order valence-electron chi connectivity index (χ1n) is 22.7. The maximum absolute atomic E-state index is 12.8. The van der Waals surface area contributed by atoms with Crippen molar-refractivity contribution >= 4 is 19.8 Å². The molecule has 1 rings (SSSR count). The minimum atomic E-state index is -5.17. The van der Waals surface area contributed by atoms with Crippen molar-refractivity contribution in [2.75, 3.05) is 13.2 Å². The lowest BCUT2D eigenvalue weighted by Gasteiger charge is -2.41. The van der Waals surface area contributed by atoms with E-state index in [0.29, 0.717) is 12.8 Å². The molecule has 0 aliphatic heterocycles. The summed E-state index contributed by atoms with van der Waals surface area (Å²) >= 11 is 0. The van der Waals surface area contributed by atoms with Gasteiger partial charge in [-0.3, -0.25) is 18.6 Å². The second kappa shape index (κ2) is 35.1. The van der Waals surface area contributed by atoms with Crippen molar-refractivity contribution in [3.63, 3.8) is 0 Å². The molecule has 1 fully saturated rings. The molecule has 0 spiro atoms. The molecule has 15 nitrogen and oxygen atoms in total. The van der Waals surface area contributed by atoms with Gasteiger partial charge in [0.2, 0.25) is 0 Å². The summed E-state index contributed by atoms with van der Waals surface area (Å²) in [6, 6.07) is 0. The lowest BCUT2D eigenvalue weighted by molar-refractivity contribution is -0.220.